The summed E-state index contributed by atoms with van der Waals surface area (Å²) in [6, 6.07) is 12.2. The summed E-state index contributed by atoms with van der Waals surface area (Å²) in [5.41, 5.74) is 0.807. The second kappa shape index (κ2) is 9.19. The molecule has 1 unspecified atom stereocenters. The van der Waals surface area contributed by atoms with Crippen LogP contribution in [0.4, 0.5) is 0 Å². The first-order valence-corrected chi connectivity index (χ1v) is 9.20. The van der Waals surface area contributed by atoms with Gasteiger partial charge in [-0.15, -0.1) is 0 Å². The van der Waals surface area contributed by atoms with E-state index in [0.717, 1.165) is 30.8 Å². The topological polar surface area (TPSA) is 69.6 Å². The Morgan fingerprint density at radius 3 is 2.78 bits per heavy atom. The maximum atomic E-state index is 12.8. The van der Waals surface area contributed by atoms with E-state index in [1.165, 1.54) is 10.6 Å². The van der Waals surface area contributed by atoms with Crippen molar-refractivity contribution in [3.63, 3.8) is 0 Å². The van der Waals surface area contributed by atoms with Gasteiger partial charge in [-0.05, 0) is 49.6 Å². The molecule has 0 bridgehead atoms. The minimum absolute atomic E-state index is 0.0353. The Labute approximate surface area is 158 Å². The smallest absolute Gasteiger partial charge is 0.268 e. The summed E-state index contributed by atoms with van der Waals surface area (Å²) in [5, 5.41) is 2.89. The van der Waals surface area contributed by atoms with Crippen LogP contribution in [0, 0.1) is 0 Å². The molecule has 2 aromatic rings. The molecular weight excluding hydrogens is 344 g/mol. The number of ether oxygens (including phenoxy) is 2. The molecule has 0 aliphatic carbocycles. The van der Waals surface area contributed by atoms with Crippen molar-refractivity contribution in [1.82, 2.24) is 9.88 Å². The van der Waals surface area contributed by atoms with Crippen LogP contribution in [0.1, 0.15) is 25.3 Å². The predicted molar refractivity (Wildman–Crippen MR) is 104 cm³/mol. The maximum Gasteiger partial charge on any atom is 0.268 e. The van der Waals surface area contributed by atoms with Crippen LogP contribution in [-0.4, -0.2) is 36.3 Å². The Kier molecular flexibility index (Phi) is 6.44. The van der Waals surface area contributed by atoms with Crippen LogP contribution in [0.25, 0.3) is 11.8 Å². The maximum absolute atomic E-state index is 12.8. The zero-order valence-electron chi connectivity index (χ0n) is 15.4. The fourth-order valence-electron chi connectivity index (χ4n) is 2.96. The van der Waals surface area contributed by atoms with Gasteiger partial charge in [0.2, 0.25) is 0 Å². The summed E-state index contributed by atoms with van der Waals surface area (Å²) in [6.45, 7) is 3.67. The highest BCUT2D eigenvalue weighted by Crippen LogP contribution is 2.16. The standard InChI is InChI=1S/C21H24N2O4/c1-2-26-17-10-8-16(9-11-17)14-19(23-12-4-3-7-20(23)24)21(25)22-15-18-6-5-13-27-18/h3-4,7-12,14,18H,2,5-6,13,15H2,1H3,(H,22,25). The molecule has 3 rings (SSSR count). The van der Waals surface area contributed by atoms with Gasteiger partial charge in [-0.25, -0.2) is 0 Å². The SMILES string of the molecule is CCOc1ccc(C=C(C(=O)NCC2CCCO2)n2ccccc2=O)cc1. The first-order valence-electron chi connectivity index (χ1n) is 9.20. The lowest BCUT2D eigenvalue weighted by Gasteiger charge is -2.14. The van der Waals surface area contributed by atoms with E-state index in [9.17, 15) is 9.59 Å². The molecule has 142 valence electrons. The van der Waals surface area contributed by atoms with E-state index < -0.39 is 0 Å². The molecule has 1 aromatic heterocycles. The fraction of sp³-hybridized carbons (Fsp3) is 0.333. The number of carbonyl (C=O) groups excluding carboxylic acids is 1. The molecule has 1 amide bonds. The molecule has 27 heavy (non-hydrogen) atoms. The van der Waals surface area contributed by atoms with Gasteiger partial charge in [0.15, 0.2) is 0 Å². The first kappa shape index (κ1) is 18.9. The molecule has 2 heterocycles. The van der Waals surface area contributed by atoms with E-state index in [2.05, 4.69) is 5.32 Å². The van der Waals surface area contributed by atoms with Crippen molar-refractivity contribution in [2.75, 3.05) is 19.8 Å². The van der Waals surface area contributed by atoms with Crippen LogP contribution < -0.4 is 15.6 Å². The van der Waals surface area contributed by atoms with Crippen molar-refractivity contribution in [2.45, 2.75) is 25.9 Å². The third-order valence-electron chi connectivity index (χ3n) is 4.32. The highest BCUT2D eigenvalue weighted by atomic mass is 16.5. The summed E-state index contributed by atoms with van der Waals surface area (Å²) in [4.78, 5) is 25.1. The largest absolute Gasteiger partial charge is 0.494 e. The average Bonchev–Trinajstić information content (AvgIpc) is 3.20. The second-order valence-electron chi connectivity index (χ2n) is 6.29. The molecule has 1 saturated heterocycles. The van der Waals surface area contributed by atoms with E-state index >= 15 is 0 Å². The average molecular weight is 368 g/mol. The van der Waals surface area contributed by atoms with Gasteiger partial charge in [0, 0.05) is 25.4 Å². The number of nitrogens with one attached hydrogen (secondary N) is 1. The number of hydrogen-bond donors (Lipinski definition) is 1. The van der Waals surface area contributed by atoms with E-state index in [0.29, 0.717) is 13.2 Å². The number of pyridine rings is 1. The Morgan fingerprint density at radius 2 is 2.11 bits per heavy atom. The summed E-state index contributed by atoms with van der Waals surface area (Å²) in [5.74, 6) is 0.448. The van der Waals surface area contributed by atoms with E-state index in [1.54, 1.807) is 24.4 Å². The Morgan fingerprint density at radius 1 is 1.30 bits per heavy atom. The van der Waals surface area contributed by atoms with Gasteiger partial charge in [-0.3, -0.25) is 14.2 Å². The molecule has 0 saturated carbocycles. The molecule has 1 N–H and O–H groups in total. The van der Waals surface area contributed by atoms with Gasteiger partial charge in [0.1, 0.15) is 11.4 Å². The number of benzene rings is 1. The van der Waals surface area contributed by atoms with Crippen molar-refractivity contribution >= 4 is 17.7 Å². The van der Waals surface area contributed by atoms with Gasteiger partial charge >= 0.3 is 0 Å². The van der Waals surface area contributed by atoms with Crippen molar-refractivity contribution in [1.29, 1.82) is 0 Å². The normalized spacial score (nSPS) is 16.9. The molecule has 0 radical (unpaired) electrons. The van der Waals surface area contributed by atoms with Gasteiger partial charge in [-0.1, -0.05) is 18.2 Å². The quantitative estimate of drug-likeness (QED) is 0.763. The number of carbonyl (C=O) groups is 1. The molecular formula is C21H24N2O4. The number of amides is 1. The molecule has 1 atom stereocenters. The van der Waals surface area contributed by atoms with Crippen LogP contribution in [0.15, 0.2) is 53.5 Å². The summed E-state index contributed by atoms with van der Waals surface area (Å²) in [6.07, 6.45) is 5.26. The van der Waals surface area contributed by atoms with Crippen LogP contribution in [-0.2, 0) is 9.53 Å². The van der Waals surface area contributed by atoms with Crippen molar-refractivity contribution in [2.24, 2.45) is 0 Å². The minimum Gasteiger partial charge on any atom is -0.494 e. The van der Waals surface area contributed by atoms with Gasteiger partial charge in [0.05, 0.1) is 12.7 Å². The van der Waals surface area contributed by atoms with E-state index in [4.69, 9.17) is 9.47 Å². The second-order valence-corrected chi connectivity index (χ2v) is 6.29. The Bertz CT molecular complexity index is 849. The minimum atomic E-state index is -0.312. The van der Waals surface area contributed by atoms with E-state index in [1.807, 2.05) is 31.2 Å². The molecule has 6 heteroatoms. The number of nitrogens with zero attached hydrogens (tertiary/aromatic N) is 1. The molecule has 1 aliphatic heterocycles. The van der Waals surface area contributed by atoms with Gasteiger partial charge in [-0.2, -0.15) is 0 Å². The third-order valence-corrected chi connectivity index (χ3v) is 4.32. The highest BCUT2D eigenvalue weighted by molar-refractivity contribution is 6.18. The van der Waals surface area contributed by atoms with Crippen LogP contribution in [0.2, 0.25) is 0 Å². The monoisotopic (exact) mass is 368 g/mol. The van der Waals surface area contributed by atoms with Crippen LogP contribution in [0.3, 0.4) is 0 Å². The van der Waals surface area contributed by atoms with E-state index in [-0.39, 0.29) is 23.3 Å². The number of aromatic nitrogens is 1. The molecule has 6 nitrogen and oxygen atoms in total. The zero-order valence-corrected chi connectivity index (χ0v) is 15.4. The molecule has 1 fully saturated rings. The van der Waals surface area contributed by atoms with Gasteiger partial charge < -0.3 is 14.8 Å². The lowest BCUT2D eigenvalue weighted by Crippen LogP contribution is -2.35. The summed E-state index contributed by atoms with van der Waals surface area (Å²) >= 11 is 0. The van der Waals surface area contributed by atoms with Crippen LogP contribution in [0.5, 0.6) is 5.75 Å². The highest BCUT2D eigenvalue weighted by Gasteiger charge is 2.19. The van der Waals surface area contributed by atoms with Crippen molar-refractivity contribution in [3.8, 4) is 5.75 Å². The molecule has 1 aromatic carbocycles. The van der Waals surface area contributed by atoms with Crippen molar-refractivity contribution in [3.05, 3.63) is 64.6 Å². The third kappa shape index (κ3) is 5.08. The summed E-state index contributed by atoms with van der Waals surface area (Å²) in [7, 11) is 0. The predicted octanol–water partition coefficient (Wildman–Crippen LogP) is 2.54. The molecule has 0 spiro atoms. The van der Waals surface area contributed by atoms with Gasteiger partial charge in [0.25, 0.3) is 11.5 Å². The Hall–Kier alpha value is -2.86. The lowest BCUT2D eigenvalue weighted by atomic mass is 10.1. The number of rotatable bonds is 7. The Balaban J connectivity index is 1.85. The fourth-order valence-corrected chi connectivity index (χ4v) is 2.96. The number of hydrogen-bond acceptors (Lipinski definition) is 4. The van der Waals surface area contributed by atoms with Crippen molar-refractivity contribution < 1.29 is 14.3 Å². The summed E-state index contributed by atoms with van der Waals surface area (Å²) < 4.78 is 12.3. The zero-order chi connectivity index (χ0) is 19.1. The first-order chi connectivity index (χ1) is 13.2. The molecule has 1 aliphatic rings. The van der Waals surface area contributed by atoms with Crippen LogP contribution >= 0.6 is 0 Å². The lowest BCUT2D eigenvalue weighted by molar-refractivity contribution is -0.116.